The molecule has 3 N–H and O–H groups in total. The van der Waals surface area contributed by atoms with Gasteiger partial charge in [0.05, 0.1) is 19.8 Å². The molecule has 1 aliphatic heterocycles. The average molecular weight is 161 g/mol. The lowest BCUT2D eigenvalue weighted by Crippen LogP contribution is -2.48. The third kappa shape index (κ3) is 2.14. The molecule has 1 aliphatic rings. The van der Waals surface area contributed by atoms with Crippen LogP contribution >= 0.6 is 0 Å². The monoisotopic (exact) mass is 161 g/mol. The zero-order valence-corrected chi connectivity index (χ0v) is 6.03. The molecule has 1 saturated heterocycles. The second-order valence-corrected chi connectivity index (χ2v) is 2.35. The van der Waals surface area contributed by atoms with Crippen molar-refractivity contribution in [1.82, 2.24) is 0 Å². The van der Waals surface area contributed by atoms with Crippen molar-refractivity contribution in [3.8, 4) is 0 Å². The van der Waals surface area contributed by atoms with Crippen LogP contribution in [0.15, 0.2) is 0 Å². The fourth-order valence-electron chi connectivity index (χ4n) is 0.872. The number of hydrogen-bond donors (Lipinski definition) is 2. The van der Waals surface area contributed by atoms with Crippen molar-refractivity contribution in [3.63, 3.8) is 0 Å². The molecule has 64 valence electrons. The first-order valence-electron chi connectivity index (χ1n) is 3.39. The highest BCUT2D eigenvalue weighted by molar-refractivity contribution is 5.73. The molecule has 2 atom stereocenters. The molecule has 1 heterocycles. The Morgan fingerprint density at radius 2 is 2.36 bits per heavy atom. The maximum atomic E-state index is 10.3. The zero-order valence-electron chi connectivity index (χ0n) is 6.03. The smallest absolute Gasteiger partial charge is 0.323 e. The Morgan fingerprint density at radius 3 is 2.82 bits per heavy atom. The van der Waals surface area contributed by atoms with Crippen LogP contribution in [0, 0.1) is 0 Å². The summed E-state index contributed by atoms with van der Waals surface area (Å²) >= 11 is 0. The van der Waals surface area contributed by atoms with Gasteiger partial charge in [0.25, 0.3) is 0 Å². The number of carboxylic acid groups (broad SMARTS) is 1. The van der Waals surface area contributed by atoms with Crippen molar-refractivity contribution in [2.45, 2.75) is 12.1 Å². The Bertz CT molecular complexity index is 144. The van der Waals surface area contributed by atoms with Crippen LogP contribution in [0.2, 0.25) is 0 Å². The molecule has 1 unspecified atom stereocenters. The number of ether oxygens (including phenoxy) is 2. The number of carboxylic acids is 1. The number of hydrogen-bond acceptors (Lipinski definition) is 4. The van der Waals surface area contributed by atoms with Gasteiger partial charge in [0.1, 0.15) is 12.1 Å². The summed E-state index contributed by atoms with van der Waals surface area (Å²) in [4.78, 5) is 10.3. The van der Waals surface area contributed by atoms with E-state index >= 15 is 0 Å². The van der Waals surface area contributed by atoms with Crippen molar-refractivity contribution in [2.75, 3.05) is 19.8 Å². The topological polar surface area (TPSA) is 81.8 Å². The van der Waals surface area contributed by atoms with Crippen LogP contribution in [-0.4, -0.2) is 43.0 Å². The summed E-state index contributed by atoms with van der Waals surface area (Å²) < 4.78 is 10.1. The summed E-state index contributed by atoms with van der Waals surface area (Å²) in [6.07, 6.45) is -0.499. The number of nitrogens with two attached hydrogens (primary N) is 1. The fourth-order valence-corrected chi connectivity index (χ4v) is 0.872. The SMILES string of the molecule is NC(C(=O)O)[C@H]1COCCO1. The van der Waals surface area contributed by atoms with Crippen LogP contribution in [0.4, 0.5) is 0 Å². The van der Waals surface area contributed by atoms with Gasteiger partial charge < -0.3 is 20.3 Å². The van der Waals surface area contributed by atoms with E-state index < -0.39 is 18.1 Å². The molecular formula is C6H11NO4. The number of aliphatic carboxylic acids is 1. The Balaban J connectivity index is 2.38. The second kappa shape index (κ2) is 3.66. The Kier molecular flexibility index (Phi) is 2.81. The van der Waals surface area contributed by atoms with Crippen molar-refractivity contribution in [3.05, 3.63) is 0 Å². The molecule has 0 aromatic rings. The molecule has 0 aliphatic carbocycles. The lowest BCUT2D eigenvalue weighted by molar-refractivity contribution is -0.149. The fraction of sp³-hybridized carbons (Fsp3) is 0.833. The van der Waals surface area contributed by atoms with Gasteiger partial charge >= 0.3 is 5.97 Å². The highest BCUT2D eigenvalue weighted by atomic mass is 16.6. The van der Waals surface area contributed by atoms with E-state index in [0.717, 1.165) is 0 Å². The maximum Gasteiger partial charge on any atom is 0.323 e. The first-order valence-corrected chi connectivity index (χ1v) is 3.39. The van der Waals surface area contributed by atoms with Gasteiger partial charge in [-0.25, -0.2) is 0 Å². The number of rotatable bonds is 2. The maximum absolute atomic E-state index is 10.3. The quantitative estimate of drug-likeness (QED) is 0.532. The molecule has 1 fully saturated rings. The van der Waals surface area contributed by atoms with E-state index in [1.807, 2.05) is 0 Å². The Morgan fingerprint density at radius 1 is 1.64 bits per heavy atom. The van der Waals surface area contributed by atoms with Crippen LogP contribution < -0.4 is 5.73 Å². The zero-order chi connectivity index (χ0) is 8.27. The predicted molar refractivity (Wildman–Crippen MR) is 36.2 cm³/mol. The largest absolute Gasteiger partial charge is 0.480 e. The van der Waals surface area contributed by atoms with Crippen molar-refractivity contribution in [2.24, 2.45) is 5.73 Å². The van der Waals surface area contributed by atoms with Gasteiger partial charge in [0.15, 0.2) is 0 Å². The van der Waals surface area contributed by atoms with E-state index in [1.54, 1.807) is 0 Å². The molecule has 1 rings (SSSR count). The molecule has 0 saturated carbocycles. The van der Waals surface area contributed by atoms with Crippen LogP contribution in [0.3, 0.4) is 0 Å². The van der Waals surface area contributed by atoms with Gasteiger partial charge in [-0.05, 0) is 0 Å². The Labute approximate surface area is 64.1 Å². The average Bonchev–Trinajstić information content (AvgIpc) is 2.05. The minimum atomic E-state index is -1.06. The first-order chi connectivity index (χ1) is 5.22. The second-order valence-electron chi connectivity index (χ2n) is 2.35. The van der Waals surface area contributed by atoms with Gasteiger partial charge in [-0.15, -0.1) is 0 Å². The van der Waals surface area contributed by atoms with E-state index in [4.69, 9.17) is 20.3 Å². The van der Waals surface area contributed by atoms with E-state index in [9.17, 15) is 4.79 Å². The summed E-state index contributed by atoms with van der Waals surface area (Å²) in [7, 11) is 0. The molecule has 5 nitrogen and oxygen atoms in total. The van der Waals surface area contributed by atoms with E-state index in [1.165, 1.54) is 0 Å². The van der Waals surface area contributed by atoms with Crippen molar-refractivity contribution >= 4 is 5.97 Å². The summed E-state index contributed by atoms with van der Waals surface area (Å²) in [6, 6.07) is -0.977. The standard InChI is InChI=1S/C6H11NO4/c7-5(6(8)9)4-3-10-1-2-11-4/h4-5H,1-3,7H2,(H,8,9)/t4-,5?/m1/s1. The molecule has 0 aromatic carbocycles. The van der Waals surface area contributed by atoms with Gasteiger partial charge in [-0.3, -0.25) is 4.79 Å². The Hall–Kier alpha value is -0.650. The van der Waals surface area contributed by atoms with Crippen LogP contribution in [0.1, 0.15) is 0 Å². The molecular weight excluding hydrogens is 150 g/mol. The van der Waals surface area contributed by atoms with E-state index in [-0.39, 0.29) is 6.61 Å². The molecule has 5 heteroatoms. The molecule has 0 spiro atoms. The predicted octanol–water partition coefficient (Wildman–Crippen LogP) is -1.19. The van der Waals surface area contributed by atoms with Gasteiger partial charge in [0.2, 0.25) is 0 Å². The summed E-state index contributed by atoms with van der Waals surface area (Å²) in [5.41, 5.74) is 5.29. The lowest BCUT2D eigenvalue weighted by atomic mass is 10.2. The highest BCUT2D eigenvalue weighted by Gasteiger charge is 2.27. The minimum absolute atomic E-state index is 0.271. The van der Waals surface area contributed by atoms with Gasteiger partial charge in [-0.1, -0.05) is 0 Å². The molecule has 0 aromatic heterocycles. The van der Waals surface area contributed by atoms with Crippen LogP contribution in [0.25, 0.3) is 0 Å². The highest BCUT2D eigenvalue weighted by Crippen LogP contribution is 2.03. The third-order valence-corrected chi connectivity index (χ3v) is 1.53. The first kappa shape index (κ1) is 8.45. The molecule has 0 amide bonds. The molecule has 0 radical (unpaired) electrons. The lowest BCUT2D eigenvalue weighted by Gasteiger charge is -2.25. The van der Waals surface area contributed by atoms with E-state index in [0.29, 0.717) is 13.2 Å². The minimum Gasteiger partial charge on any atom is -0.480 e. The van der Waals surface area contributed by atoms with Crippen molar-refractivity contribution in [1.29, 1.82) is 0 Å². The molecule has 11 heavy (non-hydrogen) atoms. The normalized spacial score (nSPS) is 27.9. The van der Waals surface area contributed by atoms with Crippen molar-refractivity contribution < 1.29 is 19.4 Å². The van der Waals surface area contributed by atoms with Crippen LogP contribution in [0.5, 0.6) is 0 Å². The van der Waals surface area contributed by atoms with Crippen LogP contribution in [-0.2, 0) is 14.3 Å². The van der Waals surface area contributed by atoms with Gasteiger partial charge in [0, 0.05) is 0 Å². The van der Waals surface area contributed by atoms with E-state index in [2.05, 4.69) is 0 Å². The summed E-state index contributed by atoms with van der Waals surface area (Å²) in [5.74, 6) is -1.06. The summed E-state index contributed by atoms with van der Waals surface area (Å²) in [6.45, 7) is 1.21. The van der Waals surface area contributed by atoms with Gasteiger partial charge in [-0.2, -0.15) is 0 Å². The molecule has 0 bridgehead atoms. The summed E-state index contributed by atoms with van der Waals surface area (Å²) in [5, 5.41) is 8.47. The number of carbonyl (C=O) groups is 1. The third-order valence-electron chi connectivity index (χ3n) is 1.53.